The first-order valence-corrected chi connectivity index (χ1v) is 5.75. The number of amides is 1. The molecule has 0 atom stereocenters. The van der Waals surface area contributed by atoms with Gasteiger partial charge in [0.15, 0.2) is 0 Å². The van der Waals surface area contributed by atoms with Gasteiger partial charge in [0.2, 0.25) is 6.86 Å². The Morgan fingerprint density at radius 3 is 2.24 bits per heavy atom. The summed E-state index contributed by atoms with van der Waals surface area (Å²) < 4.78 is 16.6. The van der Waals surface area contributed by atoms with Crippen LogP contribution in [0.2, 0.25) is 0 Å². The van der Waals surface area contributed by atoms with Gasteiger partial charge in [-0.2, -0.15) is 0 Å². The first kappa shape index (κ1) is 17.8. The Kier molecular flexibility index (Phi) is 11.4. The SMILES string of the molecule is CC.CC.Cc1cccc(C(N)=O)c1OCF. The molecule has 0 aliphatic carbocycles. The second-order valence-corrected chi connectivity index (χ2v) is 2.57. The lowest BCUT2D eigenvalue weighted by molar-refractivity contribution is 0.0992. The number of benzene rings is 1. The molecule has 0 heterocycles. The summed E-state index contributed by atoms with van der Waals surface area (Å²) in [4.78, 5) is 10.9. The molecule has 1 aromatic carbocycles. The Morgan fingerprint density at radius 2 is 1.82 bits per heavy atom. The van der Waals surface area contributed by atoms with E-state index in [4.69, 9.17) is 5.73 Å². The van der Waals surface area contributed by atoms with Crippen molar-refractivity contribution < 1.29 is 13.9 Å². The van der Waals surface area contributed by atoms with Crippen LogP contribution in [0.1, 0.15) is 43.6 Å². The van der Waals surface area contributed by atoms with Gasteiger partial charge in [0.25, 0.3) is 5.91 Å². The Bertz CT molecular complexity index is 327. The standard InChI is InChI=1S/C9H10FNO2.2C2H6/c1-6-3-2-4-7(9(11)12)8(6)13-5-10;2*1-2/h2-4H,5H2,1H3,(H2,11,12);2*1-2H3. The monoisotopic (exact) mass is 243 g/mol. The number of halogens is 1. The summed E-state index contributed by atoms with van der Waals surface area (Å²) in [6, 6.07) is 4.89. The van der Waals surface area contributed by atoms with Crippen LogP contribution in [-0.4, -0.2) is 12.8 Å². The molecule has 4 heteroatoms. The van der Waals surface area contributed by atoms with E-state index in [1.807, 2.05) is 27.7 Å². The summed E-state index contributed by atoms with van der Waals surface area (Å²) in [5.41, 5.74) is 5.97. The van der Waals surface area contributed by atoms with E-state index in [0.717, 1.165) is 0 Å². The van der Waals surface area contributed by atoms with Crippen molar-refractivity contribution in [2.45, 2.75) is 34.6 Å². The summed E-state index contributed by atoms with van der Waals surface area (Å²) in [5.74, 6) is -0.398. The van der Waals surface area contributed by atoms with E-state index in [-0.39, 0.29) is 11.3 Å². The number of ether oxygens (including phenoxy) is 1. The second kappa shape index (κ2) is 10.9. The number of hydrogen-bond donors (Lipinski definition) is 1. The summed E-state index contributed by atoms with van der Waals surface area (Å²) in [6.07, 6.45) is 0. The van der Waals surface area contributed by atoms with E-state index in [1.54, 1.807) is 19.1 Å². The molecule has 0 unspecified atom stereocenters. The number of carbonyl (C=O) groups excluding carboxylic acids is 1. The molecule has 0 bridgehead atoms. The third kappa shape index (κ3) is 5.90. The Morgan fingerprint density at radius 1 is 1.29 bits per heavy atom. The van der Waals surface area contributed by atoms with E-state index in [2.05, 4.69) is 4.74 Å². The van der Waals surface area contributed by atoms with Gasteiger partial charge in [0.05, 0.1) is 5.56 Å². The van der Waals surface area contributed by atoms with E-state index in [0.29, 0.717) is 5.56 Å². The van der Waals surface area contributed by atoms with Gasteiger partial charge in [-0.25, -0.2) is 4.39 Å². The first-order chi connectivity index (χ1) is 8.16. The average Bonchev–Trinajstić information content (AvgIpc) is 2.36. The molecule has 98 valence electrons. The quantitative estimate of drug-likeness (QED) is 0.884. The highest BCUT2D eigenvalue weighted by molar-refractivity contribution is 5.96. The van der Waals surface area contributed by atoms with Gasteiger partial charge < -0.3 is 10.5 Å². The lowest BCUT2D eigenvalue weighted by Crippen LogP contribution is -2.13. The third-order valence-corrected chi connectivity index (χ3v) is 1.68. The van der Waals surface area contributed by atoms with Gasteiger partial charge in [-0.05, 0) is 18.6 Å². The number of para-hydroxylation sites is 1. The number of nitrogens with two attached hydrogens (primary N) is 1. The van der Waals surface area contributed by atoms with E-state index in [1.165, 1.54) is 6.07 Å². The Labute approximate surface area is 103 Å². The fourth-order valence-corrected chi connectivity index (χ4v) is 1.09. The highest BCUT2D eigenvalue weighted by Crippen LogP contribution is 2.22. The van der Waals surface area contributed by atoms with Crippen LogP contribution in [-0.2, 0) is 0 Å². The zero-order valence-corrected chi connectivity index (χ0v) is 11.2. The summed E-state index contributed by atoms with van der Waals surface area (Å²) in [7, 11) is 0. The fourth-order valence-electron chi connectivity index (χ4n) is 1.09. The highest BCUT2D eigenvalue weighted by atomic mass is 19.1. The molecular weight excluding hydrogens is 221 g/mol. The van der Waals surface area contributed by atoms with Crippen molar-refractivity contribution >= 4 is 5.91 Å². The number of alkyl halides is 1. The van der Waals surface area contributed by atoms with Crippen LogP contribution in [0.25, 0.3) is 0 Å². The molecule has 0 aliphatic heterocycles. The van der Waals surface area contributed by atoms with Crippen molar-refractivity contribution in [2.24, 2.45) is 5.73 Å². The summed E-state index contributed by atoms with van der Waals surface area (Å²) in [6.45, 7) is 8.75. The number of carbonyl (C=O) groups is 1. The second-order valence-electron chi connectivity index (χ2n) is 2.57. The minimum absolute atomic E-state index is 0.206. The smallest absolute Gasteiger partial charge is 0.252 e. The van der Waals surface area contributed by atoms with Crippen molar-refractivity contribution in [1.29, 1.82) is 0 Å². The van der Waals surface area contributed by atoms with Crippen molar-refractivity contribution in [3.05, 3.63) is 29.3 Å². The number of hydrogen-bond acceptors (Lipinski definition) is 2. The fraction of sp³-hybridized carbons (Fsp3) is 0.462. The predicted octanol–water partition coefficient (Wildman–Crippen LogP) is 3.45. The van der Waals surface area contributed by atoms with Gasteiger partial charge in [-0.15, -0.1) is 0 Å². The lowest BCUT2D eigenvalue weighted by Gasteiger charge is -2.08. The van der Waals surface area contributed by atoms with Crippen molar-refractivity contribution in [3.63, 3.8) is 0 Å². The molecule has 3 nitrogen and oxygen atoms in total. The minimum atomic E-state index is -0.967. The molecule has 1 rings (SSSR count). The van der Waals surface area contributed by atoms with E-state index < -0.39 is 12.8 Å². The maximum absolute atomic E-state index is 11.9. The summed E-state index contributed by atoms with van der Waals surface area (Å²) in [5, 5.41) is 0. The Hall–Kier alpha value is -1.58. The molecule has 0 aliphatic rings. The largest absolute Gasteiger partial charge is 0.462 e. The summed E-state index contributed by atoms with van der Waals surface area (Å²) >= 11 is 0. The van der Waals surface area contributed by atoms with Gasteiger partial charge in [-0.1, -0.05) is 39.8 Å². The van der Waals surface area contributed by atoms with Crippen LogP contribution in [0.3, 0.4) is 0 Å². The molecule has 1 amide bonds. The van der Waals surface area contributed by atoms with Gasteiger partial charge in [0.1, 0.15) is 5.75 Å². The van der Waals surface area contributed by atoms with Crippen LogP contribution in [0.4, 0.5) is 4.39 Å². The van der Waals surface area contributed by atoms with Gasteiger partial charge in [0, 0.05) is 0 Å². The Balaban J connectivity index is 0. The normalized spacial score (nSPS) is 8.12. The molecule has 2 N–H and O–H groups in total. The molecule has 0 spiro atoms. The van der Waals surface area contributed by atoms with Crippen LogP contribution in [0, 0.1) is 6.92 Å². The molecule has 0 saturated carbocycles. The van der Waals surface area contributed by atoms with Crippen LogP contribution in [0.5, 0.6) is 5.75 Å². The zero-order valence-electron chi connectivity index (χ0n) is 11.2. The van der Waals surface area contributed by atoms with Crippen LogP contribution in [0.15, 0.2) is 18.2 Å². The number of rotatable bonds is 3. The average molecular weight is 243 g/mol. The van der Waals surface area contributed by atoms with Crippen molar-refractivity contribution in [3.8, 4) is 5.75 Å². The lowest BCUT2D eigenvalue weighted by atomic mass is 10.1. The first-order valence-electron chi connectivity index (χ1n) is 5.75. The predicted molar refractivity (Wildman–Crippen MR) is 69.0 cm³/mol. The third-order valence-electron chi connectivity index (χ3n) is 1.68. The van der Waals surface area contributed by atoms with Crippen molar-refractivity contribution in [2.75, 3.05) is 6.86 Å². The zero-order chi connectivity index (χ0) is 13.8. The van der Waals surface area contributed by atoms with E-state index >= 15 is 0 Å². The number of aryl methyl sites for hydroxylation is 1. The number of primary amides is 1. The molecule has 0 radical (unpaired) electrons. The molecule has 1 aromatic rings. The maximum Gasteiger partial charge on any atom is 0.252 e. The van der Waals surface area contributed by atoms with Gasteiger partial charge in [-0.3, -0.25) is 4.79 Å². The molecule has 17 heavy (non-hydrogen) atoms. The van der Waals surface area contributed by atoms with Crippen molar-refractivity contribution in [1.82, 2.24) is 0 Å². The van der Waals surface area contributed by atoms with E-state index in [9.17, 15) is 9.18 Å². The molecule has 0 fully saturated rings. The molecule has 0 aromatic heterocycles. The minimum Gasteiger partial charge on any atom is -0.462 e. The van der Waals surface area contributed by atoms with Crippen LogP contribution < -0.4 is 10.5 Å². The molecule has 0 saturated heterocycles. The molecular formula is C13H22FNO2. The van der Waals surface area contributed by atoms with Gasteiger partial charge >= 0.3 is 0 Å². The maximum atomic E-state index is 11.9. The topological polar surface area (TPSA) is 52.3 Å². The highest BCUT2D eigenvalue weighted by Gasteiger charge is 2.10. The van der Waals surface area contributed by atoms with Crippen LogP contribution >= 0.6 is 0 Å².